The predicted octanol–water partition coefficient (Wildman–Crippen LogP) is 5.04. The van der Waals surface area contributed by atoms with Crippen LogP contribution in [0, 0.1) is 0 Å². The smallest absolute Gasteiger partial charge is 0.416 e. The average Bonchev–Trinajstić information content (AvgIpc) is 2.85. The molecule has 6 heteroatoms. The summed E-state index contributed by atoms with van der Waals surface area (Å²) in [5.74, 6) is 0. The molecule has 0 amide bonds. The molecule has 0 saturated carbocycles. The first-order chi connectivity index (χ1) is 9.95. The third kappa shape index (κ3) is 3.60. The molecule has 0 aliphatic heterocycles. The SMILES string of the molecule is CCCNC(c1ccccc1C(F)(F)F)c1ccoc1Cl. The first kappa shape index (κ1) is 15.9. The maximum Gasteiger partial charge on any atom is 0.416 e. The standard InChI is InChI=1S/C15H15ClF3NO/c1-2-8-20-13(11-7-9-21-14(11)16)10-5-3-4-6-12(10)15(17,18)19/h3-7,9,13,20H,2,8H2,1H3. The summed E-state index contributed by atoms with van der Waals surface area (Å²) in [5, 5.41) is 3.19. The Morgan fingerprint density at radius 2 is 1.90 bits per heavy atom. The maximum absolute atomic E-state index is 13.2. The Hall–Kier alpha value is -1.46. The van der Waals surface area contributed by atoms with Gasteiger partial charge >= 0.3 is 6.18 Å². The summed E-state index contributed by atoms with van der Waals surface area (Å²) in [6.07, 6.45) is -2.26. The van der Waals surface area contributed by atoms with Gasteiger partial charge in [-0.25, -0.2) is 0 Å². The van der Waals surface area contributed by atoms with Crippen LogP contribution in [0.1, 0.15) is 36.1 Å². The van der Waals surface area contributed by atoms with E-state index in [1.165, 1.54) is 18.4 Å². The normalized spacial score (nSPS) is 13.4. The molecule has 2 rings (SSSR count). The molecule has 21 heavy (non-hydrogen) atoms. The van der Waals surface area contributed by atoms with E-state index in [2.05, 4.69) is 5.32 Å². The van der Waals surface area contributed by atoms with Crippen molar-refractivity contribution < 1.29 is 17.6 Å². The van der Waals surface area contributed by atoms with E-state index in [4.69, 9.17) is 16.0 Å². The van der Waals surface area contributed by atoms with Gasteiger partial charge in [0.15, 0.2) is 5.22 Å². The second-order valence-corrected chi connectivity index (χ2v) is 4.97. The van der Waals surface area contributed by atoms with Gasteiger partial charge < -0.3 is 9.73 Å². The Morgan fingerprint density at radius 1 is 1.19 bits per heavy atom. The van der Waals surface area contributed by atoms with Gasteiger partial charge in [-0.2, -0.15) is 13.2 Å². The molecule has 2 aromatic rings. The van der Waals surface area contributed by atoms with Crippen LogP contribution in [0.15, 0.2) is 41.0 Å². The summed E-state index contributed by atoms with van der Waals surface area (Å²) in [6.45, 7) is 2.51. The number of benzene rings is 1. The van der Waals surface area contributed by atoms with Crippen LogP contribution in [0.5, 0.6) is 0 Å². The van der Waals surface area contributed by atoms with Crippen molar-refractivity contribution in [1.82, 2.24) is 5.32 Å². The molecule has 1 aromatic heterocycles. The highest BCUT2D eigenvalue weighted by atomic mass is 35.5. The Labute approximate surface area is 125 Å². The highest BCUT2D eigenvalue weighted by Gasteiger charge is 2.35. The summed E-state index contributed by atoms with van der Waals surface area (Å²) < 4.78 is 44.6. The van der Waals surface area contributed by atoms with E-state index in [-0.39, 0.29) is 10.8 Å². The first-order valence-corrected chi connectivity index (χ1v) is 6.95. The van der Waals surface area contributed by atoms with Gasteiger partial charge in [0.25, 0.3) is 0 Å². The van der Waals surface area contributed by atoms with E-state index in [9.17, 15) is 13.2 Å². The molecule has 1 heterocycles. The van der Waals surface area contributed by atoms with Gasteiger partial charge in [0, 0.05) is 5.56 Å². The zero-order chi connectivity index (χ0) is 15.5. The van der Waals surface area contributed by atoms with Gasteiger partial charge in [-0.1, -0.05) is 25.1 Å². The Bertz CT molecular complexity index is 595. The lowest BCUT2D eigenvalue weighted by atomic mass is 9.95. The molecule has 0 fully saturated rings. The fourth-order valence-electron chi connectivity index (χ4n) is 2.19. The predicted molar refractivity (Wildman–Crippen MR) is 75.3 cm³/mol. The number of nitrogens with one attached hydrogen (secondary N) is 1. The minimum Gasteiger partial charge on any atom is -0.453 e. The monoisotopic (exact) mass is 317 g/mol. The van der Waals surface area contributed by atoms with Crippen LogP contribution in [-0.2, 0) is 6.18 Å². The number of halogens is 4. The van der Waals surface area contributed by atoms with Gasteiger partial charge in [-0.15, -0.1) is 0 Å². The van der Waals surface area contributed by atoms with Crippen molar-refractivity contribution >= 4 is 11.6 Å². The maximum atomic E-state index is 13.2. The van der Waals surface area contributed by atoms with Crippen molar-refractivity contribution in [2.75, 3.05) is 6.54 Å². The second-order valence-electron chi connectivity index (χ2n) is 4.62. The van der Waals surface area contributed by atoms with Crippen molar-refractivity contribution in [3.8, 4) is 0 Å². The third-order valence-corrected chi connectivity index (χ3v) is 3.44. The van der Waals surface area contributed by atoms with Crippen LogP contribution < -0.4 is 5.32 Å². The molecule has 0 saturated heterocycles. The lowest BCUT2D eigenvalue weighted by Gasteiger charge is -2.22. The molecule has 1 N–H and O–H groups in total. The molecule has 0 radical (unpaired) electrons. The quantitative estimate of drug-likeness (QED) is 0.835. The van der Waals surface area contributed by atoms with E-state index < -0.39 is 17.8 Å². The number of hydrogen-bond donors (Lipinski definition) is 1. The van der Waals surface area contributed by atoms with Gasteiger partial charge in [0.05, 0.1) is 17.9 Å². The number of alkyl halides is 3. The summed E-state index contributed by atoms with van der Waals surface area (Å²) >= 11 is 5.94. The molecule has 1 aromatic carbocycles. The summed E-state index contributed by atoms with van der Waals surface area (Å²) in [5.41, 5.74) is -0.0283. The lowest BCUT2D eigenvalue weighted by molar-refractivity contribution is -0.138. The molecule has 0 bridgehead atoms. The third-order valence-electron chi connectivity index (χ3n) is 3.13. The van der Waals surface area contributed by atoms with Gasteiger partial charge in [0.2, 0.25) is 0 Å². The molecule has 0 aliphatic rings. The van der Waals surface area contributed by atoms with E-state index in [1.807, 2.05) is 6.92 Å². The molecular weight excluding hydrogens is 303 g/mol. The van der Waals surface area contributed by atoms with Gasteiger partial charge in [-0.05, 0) is 42.3 Å². The zero-order valence-electron chi connectivity index (χ0n) is 11.4. The van der Waals surface area contributed by atoms with E-state index in [0.717, 1.165) is 12.5 Å². The molecule has 114 valence electrons. The van der Waals surface area contributed by atoms with Crippen LogP contribution in [0.3, 0.4) is 0 Å². The summed E-state index contributed by atoms with van der Waals surface area (Å²) in [6, 6.07) is 6.42. The highest BCUT2D eigenvalue weighted by Crippen LogP contribution is 2.38. The molecular formula is C15H15ClF3NO. The van der Waals surface area contributed by atoms with Crippen LogP contribution in [-0.4, -0.2) is 6.54 Å². The van der Waals surface area contributed by atoms with Crippen molar-refractivity contribution in [2.45, 2.75) is 25.6 Å². The molecule has 1 unspecified atom stereocenters. The minimum atomic E-state index is -4.42. The molecule has 0 spiro atoms. The number of rotatable bonds is 5. The molecule has 2 nitrogen and oxygen atoms in total. The second kappa shape index (κ2) is 6.54. The lowest BCUT2D eigenvalue weighted by Crippen LogP contribution is -2.25. The zero-order valence-corrected chi connectivity index (χ0v) is 12.1. The van der Waals surface area contributed by atoms with Crippen molar-refractivity contribution in [3.05, 3.63) is 58.5 Å². The van der Waals surface area contributed by atoms with E-state index >= 15 is 0 Å². The Balaban J connectivity index is 2.50. The van der Waals surface area contributed by atoms with Crippen LogP contribution in [0.4, 0.5) is 13.2 Å². The van der Waals surface area contributed by atoms with Gasteiger partial charge in [0.1, 0.15) is 0 Å². The van der Waals surface area contributed by atoms with Crippen LogP contribution >= 0.6 is 11.6 Å². The minimum absolute atomic E-state index is 0.0978. The average molecular weight is 318 g/mol. The molecule has 1 atom stereocenters. The van der Waals surface area contributed by atoms with Crippen LogP contribution in [0.2, 0.25) is 5.22 Å². The fraction of sp³-hybridized carbons (Fsp3) is 0.333. The summed E-state index contributed by atoms with van der Waals surface area (Å²) in [7, 11) is 0. The van der Waals surface area contributed by atoms with Crippen LogP contribution in [0.25, 0.3) is 0 Å². The summed E-state index contributed by atoms with van der Waals surface area (Å²) in [4.78, 5) is 0. The topological polar surface area (TPSA) is 25.2 Å². The van der Waals surface area contributed by atoms with Crippen molar-refractivity contribution in [1.29, 1.82) is 0 Å². The van der Waals surface area contributed by atoms with Gasteiger partial charge in [-0.3, -0.25) is 0 Å². The fourth-order valence-corrected chi connectivity index (χ4v) is 2.42. The number of hydrogen-bond acceptors (Lipinski definition) is 2. The van der Waals surface area contributed by atoms with E-state index in [1.54, 1.807) is 12.1 Å². The number of furan rings is 1. The first-order valence-electron chi connectivity index (χ1n) is 6.57. The highest BCUT2D eigenvalue weighted by molar-refractivity contribution is 6.29. The van der Waals surface area contributed by atoms with E-state index in [0.29, 0.717) is 12.1 Å². The molecule has 0 aliphatic carbocycles. The van der Waals surface area contributed by atoms with Crippen molar-refractivity contribution in [2.24, 2.45) is 0 Å². The largest absolute Gasteiger partial charge is 0.453 e. The Morgan fingerprint density at radius 3 is 2.48 bits per heavy atom. The Kier molecular flexibility index (Phi) is 4.96. The van der Waals surface area contributed by atoms with Crippen molar-refractivity contribution in [3.63, 3.8) is 0 Å².